The van der Waals surface area contributed by atoms with Crippen LogP contribution in [0.4, 0.5) is 0 Å². The van der Waals surface area contributed by atoms with Crippen LogP contribution in [0.3, 0.4) is 0 Å². The van der Waals surface area contributed by atoms with Crippen molar-refractivity contribution in [3.8, 4) is 5.75 Å². The van der Waals surface area contributed by atoms with Gasteiger partial charge in [-0.1, -0.05) is 18.6 Å². The summed E-state index contributed by atoms with van der Waals surface area (Å²) in [6.45, 7) is 7.12. The number of hydrogen-bond donors (Lipinski definition) is 1. The van der Waals surface area contributed by atoms with E-state index in [1.807, 2.05) is 12.1 Å². The first-order valence-corrected chi connectivity index (χ1v) is 7.86. The normalized spacial score (nSPS) is 17.9. The average molecular weight is 276 g/mol. The molecule has 2 rings (SSSR count). The summed E-state index contributed by atoms with van der Waals surface area (Å²) in [6.07, 6.45) is 5.24. The molecule has 1 fully saturated rings. The summed E-state index contributed by atoms with van der Waals surface area (Å²) in [6, 6.07) is 8.91. The second-order valence-corrected chi connectivity index (χ2v) is 5.81. The number of piperidine rings is 1. The summed E-state index contributed by atoms with van der Waals surface area (Å²) in [5.41, 5.74) is 1.36. The second-order valence-electron chi connectivity index (χ2n) is 5.81. The topological polar surface area (TPSA) is 24.5 Å². The molecule has 0 saturated carbocycles. The Labute approximate surface area is 123 Å². The lowest BCUT2D eigenvalue weighted by molar-refractivity contribution is 0.226. The fraction of sp³-hybridized carbons (Fsp3) is 0.647. The van der Waals surface area contributed by atoms with Gasteiger partial charge in [0.1, 0.15) is 5.75 Å². The van der Waals surface area contributed by atoms with E-state index in [9.17, 15) is 0 Å². The summed E-state index contributed by atoms with van der Waals surface area (Å²) in [5, 5.41) is 3.63. The highest BCUT2D eigenvalue weighted by molar-refractivity contribution is 5.27. The lowest BCUT2D eigenvalue weighted by atomic mass is 10.1. The zero-order valence-corrected chi connectivity index (χ0v) is 12.9. The Kier molecular flexibility index (Phi) is 6.34. The molecule has 0 aliphatic carbocycles. The standard InChI is InChI=1S/C17H28N2O/c1-15(14-16-6-8-17(20-2)9-7-16)18-10-13-19-11-4-3-5-12-19/h6-9,15,18H,3-5,10-14H2,1-2H3/t15-/m1/s1. The van der Waals surface area contributed by atoms with E-state index in [1.165, 1.54) is 44.5 Å². The molecule has 1 aromatic carbocycles. The largest absolute Gasteiger partial charge is 0.497 e. The first kappa shape index (κ1) is 15.3. The van der Waals surface area contributed by atoms with Gasteiger partial charge in [0.2, 0.25) is 0 Å². The van der Waals surface area contributed by atoms with Crippen LogP contribution in [-0.2, 0) is 6.42 Å². The summed E-state index contributed by atoms with van der Waals surface area (Å²) >= 11 is 0. The number of ether oxygens (including phenoxy) is 1. The number of benzene rings is 1. The van der Waals surface area contributed by atoms with E-state index in [2.05, 4.69) is 29.3 Å². The van der Waals surface area contributed by atoms with Gasteiger partial charge in [0.15, 0.2) is 0 Å². The molecule has 0 amide bonds. The average Bonchev–Trinajstić information content (AvgIpc) is 2.49. The van der Waals surface area contributed by atoms with Crippen molar-refractivity contribution in [2.75, 3.05) is 33.3 Å². The van der Waals surface area contributed by atoms with E-state index < -0.39 is 0 Å². The predicted octanol–water partition coefficient (Wildman–Crippen LogP) is 2.70. The second kappa shape index (κ2) is 8.28. The molecule has 3 nitrogen and oxygen atoms in total. The molecule has 1 aliphatic rings. The quantitative estimate of drug-likeness (QED) is 0.828. The summed E-state index contributed by atoms with van der Waals surface area (Å²) < 4.78 is 5.19. The van der Waals surface area contributed by atoms with Crippen LogP contribution in [-0.4, -0.2) is 44.2 Å². The van der Waals surface area contributed by atoms with Crippen LogP contribution in [0, 0.1) is 0 Å². The van der Waals surface area contributed by atoms with Crippen LogP contribution in [0.5, 0.6) is 5.75 Å². The van der Waals surface area contributed by atoms with Gasteiger partial charge in [-0.05, 0) is 57.0 Å². The first-order chi connectivity index (χ1) is 9.78. The van der Waals surface area contributed by atoms with E-state index in [1.54, 1.807) is 7.11 Å². The number of hydrogen-bond acceptors (Lipinski definition) is 3. The van der Waals surface area contributed by atoms with Crippen molar-refractivity contribution in [1.29, 1.82) is 0 Å². The lowest BCUT2D eigenvalue weighted by Gasteiger charge is -2.27. The fourth-order valence-corrected chi connectivity index (χ4v) is 2.84. The van der Waals surface area contributed by atoms with Crippen LogP contribution >= 0.6 is 0 Å². The van der Waals surface area contributed by atoms with Crippen LogP contribution < -0.4 is 10.1 Å². The number of methoxy groups -OCH3 is 1. The van der Waals surface area contributed by atoms with Crippen LogP contribution in [0.15, 0.2) is 24.3 Å². The van der Waals surface area contributed by atoms with Gasteiger partial charge >= 0.3 is 0 Å². The molecule has 1 heterocycles. The Bertz CT molecular complexity index is 371. The van der Waals surface area contributed by atoms with Crippen LogP contribution in [0.2, 0.25) is 0 Å². The summed E-state index contributed by atoms with van der Waals surface area (Å²) in [4.78, 5) is 2.58. The van der Waals surface area contributed by atoms with Crippen LogP contribution in [0.25, 0.3) is 0 Å². The van der Waals surface area contributed by atoms with Gasteiger partial charge in [-0.25, -0.2) is 0 Å². The minimum atomic E-state index is 0.521. The van der Waals surface area contributed by atoms with Crippen LogP contribution in [0.1, 0.15) is 31.7 Å². The Balaban J connectivity index is 1.65. The van der Waals surface area contributed by atoms with Crippen molar-refractivity contribution in [2.24, 2.45) is 0 Å². The maximum absolute atomic E-state index is 5.19. The third-order valence-corrected chi connectivity index (χ3v) is 4.07. The Hall–Kier alpha value is -1.06. The number of likely N-dealkylation sites (tertiary alicyclic amines) is 1. The van der Waals surface area contributed by atoms with E-state index in [-0.39, 0.29) is 0 Å². The van der Waals surface area contributed by atoms with E-state index in [4.69, 9.17) is 4.74 Å². The van der Waals surface area contributed by atoms with Crippen molar-refractivity contribution in [1.82, 2.24) is 10.2 Å². The molecule has 1 aromatic rings. The third-order valence-electron chi connectivity index (χ3n) is 4.07. The molecule has 0 aromatic heterocycles. The maximum atomic E-state index is 5.19. The first-order valence-electron chi connectivity index (χ1n) is 7.86. The highest BCUT2D eigenvalue weighted by Crippen LogP contribution is 2.12. The molecular weight excluding hydrogens is 248 g/mol. The third kappa shape index (κ3) is 5.14. The van der Waals surface area contributed by atoms with Gasteiger partial charge in [-0.3, -0.25) is 0 Å². The Morgan fingerprint density at radius 3 is 2.50 bits per heavy atom. The van der Waals surface area contributed by atoms with Crippen molar-refractivity contribution in [2.45, 2.75) is 38.6 Å². The van der Waals surface area contributed by atoms with Gasteiger partial charge in [0.05, 0.1) is 7.11 Å². The number of nitrogens with one attached hydrogen (secondary N) is 1. The molecule has 0 spiro atoms. The highest BCUT2D eigenvalue weighted by atomic mass is 16.5. The zero-order chi connectivity index (χ0) is 14.2. The van der Waals surface area contributed by atoms with E-state index in [0.717, 1.165) is 18.7 Å². The highest BCUT2D eigenvalue weighted by Gasteiger charge is 2.10. The minimum Gasteiger partial charge on any atom is -0.497 e. The Morgan fingerprint density at radius 2 is 1.85 bits per heavy atom. The molecular formula is C17H28N2O. The van der Waals surface area contributed by atoms with Crippen molar-refractivity contribution < 1.29 is 4.74 Å². The van der Waals surface area contributed by atoms with Gasteiger partial charge in [-0.15, -0.1) is 0 Å². The SMILES string of the molecule is COc1ccc(C[C@@H](C)NCCN2CCCCC2)cc1. The van der Waals surface area contributed by atoms with E-state index in [0.29, 0.717) is 6.04 Å². The summed E-state index contributed by atoms with van der Waals surface area (Å²) in [5.74, 6) is 0.930. The number of nitrogens with zero attached hydrogens (tertiary/aromatic N) is 1. The van der Waals surface area contributed by atoms with Gasteiger partial charge in [-0.2, -0.15) is 0 Å². The summed E-state index contributed by atoms with van der Waals surface area (Å²) in [7, 11) is 1.71. The lowest BCUT2D eigenvalue weighted by Crippen LogP contribution is -2.39. The molecule has 0 unspecified atom stereocenters. The molecule has 0 radical (unpaired) electrons. The van der Waals surface area contributed by atoms with Crippen molar-refractivity contribution in [3.63, 3.8) is 0 Å². The Morgan fingerprint density at radius 1 is 1.15 bits per heavy atom. The van der Waals surface area contributed by atoms with E-state index >= 15 is 0 Å². The molecule has 1 atom stereocenters. The maximum Gasteiger partial charge on any atom is 0.118 e. The van der Waals surface area contributed by atoms with Gasteiger partial charge in [0.25, 0.3) is 0 Å². The number of rotatable bonds is 7. The monoisotopic (exact) mass is 276 g/mol. The molecule has 1 saturated heterocycles. The molecule has 1 N–H and O–H groups in total. The smallest absolute Gasteiger partial charge is 0.118 e. The molecule has 20 heavy (non-hydrogen) atoms. The molecule has 1 aliphatic heterocycles. The zero-order valence-electron chi connectivity index (χ0n) is 12.9. The van der Waals surface area contributed by atoms with Gasteiger partial charge < -0.3 is 15.0 Å². The molecule has 112 valence electrons. The molecule has 0 bridgehead atoms. The van der Waals surface area contributed by atoms with Crippen molar-refractivity contribution in [3.05, 3.63) is 29.8 Å². The van der Waals surface area contributed by atoms with Crippen molar-refractivity contribution >= 4 is 0 Å². The molecule has 3 heteroatoms. The minimum absolute atomic E-state index is 0.521. The fourth-order valence-electron chi connectivity index (χ4n) is 2.84. The predicted molar refractivity (Wildman–Crippen MR) is 84.5 cm³/mol. The van der Waals surface area contributed by atoms with Gasteiger partial charge in [0, 0.05) is 19.1 Å².